The van der Waals surface area contributed by atoms with Gasteiger partial charge < -0.3 is 25.6 Å². The number of aromatic hydroxyl groups is 1. The number of rotatable bonds is 12. The molecule has 0 fully saturated rings. The van der Waals surface area contributed by atoms with Crippen LogP contribution in [0.2, 0.25) is 0 Å². The summed E-state index contributed by atoms with van der Waals surface area (Å²) < 4.78 is 13.3. The fraction of sp³-hybridized carbons (Fsp3) is 0.147. The Balaban J connectivity index is 1.59. The number of hydrogen-bond donors (Lipinski definition) is 4. The number of Topliss-reactive ketones (excluding diaryl/α,β-unsaturated/α-hetero) is 1. The van der Waals surface area contributed by atoms with Gasteiger partial charge in [0.15, 0.2) is 11.9 Å². The van der Waals surface area contributed by atoms with Crippen LogP contribution in [0.4, 0.5) is 21.9 Å². The first kappa shape index (κ1) is 33.3. The van der Waals surface area contributed by atoms with Gasteiger partial charge in [-0.1, -0.05) is 52.3 Å². The standard InChI is InChI=1S/C34H31Br2N3O6/c1-21(40)22-15-17-24(18-16-22)38-34(43)45-33(26-19-23(35)20-27(36)32(26)42)30(44-25-9-3-2-4-10-25)13-7-8-14-31(41)39-29-12-6-5-11-28(29)37/h2-6,8-12,14-20,30,33,42H,7,13,37H2,1H3,(H,38,43)(H,39,41)/b14-8+/t30-,33-/m0/s1. The first-order chi connectivity index (χ1) is 21.6. The van der Waals surface area contributed by atoms with Crippen molar-refractivity contribution in [2.24, 2.45) is 0 Å². The molecule has 232 valence electrons. The number of hydrogen-bond acceptors (Lipinski definition) is 7. The summed E-state index contributed by atoms with van der Waals surface area (Å²) in [7, 11) is 0. The van der Waals surface area contributed by atoms with Crippen LogP contribution >= 0.6 is 31.9 Å². The van der Waals surface area contributed by atoms with Crippen molar-refractivity contribution in [1.29, 1.82) is 0 Å². The second-order valence-electron chi connectivity index (χ2n) is 9.94. The third-order valence-corrected chi connectivity index (χ3v) is 7.67. The lowest BCUT2D eigenvalue weighted by Gasteiger charge is -2.29. The highest BCUT2D eigenvalue weighted by molar-refractivity contribution is 9.11. The molecule has 4 aromatic carbocycles. The van der Waals surface area contributed by atoms with Crippen molar-refractivity contribution in [3.63, 3.8) is 0 Å². The van der Waals surface area contributed by atoms with Crippen LogP contribution in [0.25, 0.3) is 0 Å². The minimum absolute atomic E-state index is 0.100. The number of nitrogens with one attached hydrogen (secondary N) is 2. The van der Waals surface area contributed by atoms with Gasteiger partial charge in [0, 0.05) is 21.3 Å². The molecule has 2 amide bonds. The smallest absolute Gasteiger partial charge is 0.412 e. The van der Waals surface area contributed by atoms with E-state index in [9.17, 15) is 19.5 Å². The number of ketones is 1. The van der Waals surface area contributed by atoms with Crippen molar-refractivity contribution in [3.05, 3.63) is 123 Å². The average Bonchev–Trinajstić information content (AvgIpc) is 3.01. The molecular formula is C34H31Br2N3O6. The Hall–Kier alpha value is -4.61. The number of ether oxygens (including phenoxy) is 2. The zero-order valence-electron chi connectivity index (χ0n) is 24.2. The molecule has 0 saturated carbocycles. The molecule has 0 unspecified atom stereocenters. The topological polar surface area (TPSA) is 140 Å². The van der Waals surface area contributed by atoms with Gasteiger partial charge in [-0.25, -0.2) is 4.79 Å². The van der Waals surface area contributed by atoms with Crippen LogP contribution < -0.4 is 21.1 Å². The molecule has 0 spiro atoms. The molecule has 0 heterocycles. The molecule has 0 aliphatic rings. The highest BCUT2D eigenvalue weighted by atomic mass is 79.9. The molecule has 5 N–H and O–H groups in total. The molecule has 0 aromatic heterocycles. The number of para-hydroxylation sites is 3. The molecule has 0 aliphatic carbocycles. The minimum atomic E-state index is -1.10. The number of anilines is 3. The van der Waals surface area contributed by atoms with Gasteiger partial charge in [-0.3, -0.25) is 14.9 Å². The van der Waals surface area contributed by atoms with Crippen LogP contribution in [0.15, 0.2) is 112 Å². The number of phenols is 1. The number of amides is 2. The van der Waals surface area contributed by atoms with E-state index in [2.05, 4.69) is 42.5 Å². The Kier molecular flexibility index (Phi) is 11.8. The average molecular weight is 737 g/mol. The zero-order chi connectivity index (χ0) is 32.3. The summed E-state index contributed by atoms with van der Waals surface area (Å²) in [5.74, 6) is -0.0634. The van der Waals surface area contributed by atoms with Gasteiger partial charge in [-0.15, -0.1) is 0 Å². The largest absolute Gasteiger partial charge is 0.506 e. The molecule has 4 rings (SSSR count). The lowest BCUT2D eigenvalue weighted by atomic mass is 9.99. The number of benzene rings is 4. The molecule has 0 bridgehead atoms. The van der Waals surface area contributed by atoms with E-state index < -0.39 is 18.3 Å². The molecule has 4 aromatic rings. The number of allylic oxidation sites excluding steroid dienone is 1. The van der Waals surface area contributed by atoms with E-state index in [1.54, 1.807) is 78.9 Å². The summed E-state index contributed by atoms with van der Waals surface area (Å²) >= 11 is 6.81. The van der Waals surface area contributed by atoms with E-state index in [1.807, 2.05) is 18.2 Å². The lowest BCUT2D eigenvalue weighted by Crippen LogP contribution is -2.31. The van der Waals surface area contributed by atoms with Crippen LogP contribution in [0.5, 0.6) is 11.5 Å². The summed E-state index contributed by atoms with van der Waals surface area (Å²) in [6.45, 7) is 1.46. The van der Waals surface area contributed by atoms with E-state index in [0.29, 0.717) is 55.7 Å². The predicted molar refractivity (Wildman–Crippen MR) is 182 cm³/mol. The quantitative estimate of drug-likeness (QED) is 0.0651. The Labute approximate surface area is 277 Å². The minimum Gasteiger partial charge on any atom is -0.506 e. The summed E-state index contributed by atoms with van der Waals surface area (Å²) in [6, 6.07) is 25.7. The van der Waals surface area contributed by atoms with Crippen LogP contribution in [0.1, 0.15) is 41.8 Å². The lowest BCUT2D eigenvalue weighted by molar-refractivity contribution is -0.111. The maximum absolute atomic E-state index is 13.2. The fourth-order valence-electron chi connectivity index (χ4n) is 4.38. The van der Waals surface area contributed by atoms with E-state index in [0.717, 1.165) is 0 Å². The zero-order valence-corrected chi connectivity index (χ0v) is 27.4. The first-order valence-electron chi connectivity index (χ1n) is 13.9. The summed E-state index contributed by atoms with van der Waals surface area (Å²) in [5.41, 5.74) is 8.08. The van der Waals surface area contributed by atoms with Crippen LogP contribution in [0, 0.1) is 0 Å². The first-order valence-corrected chi connectivity index (χ1v) is 15.5. The molecule has 0 aliphatic heterocycles. The van der Waals surface area contributed by atoms with Gasteiger partial charge in [-0.05, 0) is 102 Å². The second-order valence-corrected chi connectivity index (χ2v) is 11.7. The number of halogens is 2. The van der Waals surface area contributed by atoms with Gasteiger partial charge in [-0.2, -0.15) is 0 Å². The fourth-order valence-corrected chi connectivity index (χ4v) is 5.63. The van der Waals surface area contributed by atoms with E-state index in [1.165, 1.54) is 13.0 Å². The molecule has 45 heavy (non-hydrogen) atoms. The SMILES string of the molecule is CC(=O)c1ccc(NC(=O)O[C@@H](c2cc(Br)cc(Br)c2O)[C@H](CC/C=C/C(=O)Nc2ccccc2N)Oc2ccccc2)cc1. The van der Waals surface area contributed by atoms with Crippen molar-refractivity contribution in [1.82, 2.24) is 0 Å². The van der Waals surface area contributed by atoms with Gasteiger partial charge in [0.1, 0.15) is 17.6 Å². The maximum atomic E-state index is 13.2. The van der Waals surface area contributed by atoms with Crippen molar-refractivity contribution in [3.8, 4) is 11.5 Å². The number of carbonyl (C=O) groups is 3. The number of carbonyl (C=O) groups excluding carboxylic acids is 3. The normalized spacial score (nSPS) is 12.2. The Morgan fingerprint density at radius 3 is 2.31 bits per heavy atom. The van der Waals surface area contributed by atoms with E-state index in [4.69, 9.17) is 15.2 Å². The molecular weight excluding hydrogens is 706 g/mol. The highest BCUT2D eigenvalue weighted by Crippen LogP contribution is 2.40. The molecule has 0 saturated heterocycles. The highest BCUT2D eigenvalue weighted by Gasteiger charge is 2.32. The van der Waals surface area contributed by atoms with Gasteiger partial charge in [0.25, 0.3) is 0 Å². The monoisotopic (exact) mass is 735 g/mol. The predicted octanol–water partition coefficient (Wildman–Crippen LogP) is 8.41. The molecule has 9 nitrogen and oxygen atoms in total. The Morgan fingerprint density at radius 1 is 0.933 bits per heavy atom. The Bertz CT molecular complexity index is 1680. The number of nitrogen functional groups attached to an aromatic ring is 1. The van der Waals surface area contributed by atoms with Crippen LogP contribution in [-0.2, 0) is 9.53 Å². The number of nitrogens with two attached hydrogens (primary N) is 1. The second kappa shape index (κ2) is 15.9. The summed E-state index contributed by atoms with van der Waals surface area (Å²) in [5, 5.41) is 16.5. The van der Waals surface area contributed by atoms with E-state index >= 15 is 0 Å². The van der Waals surface area contributed by atoms with E-state index in [-0.39, 0.29) is 17.4 Å². The third-order valence-electron chi connectivity index (χ3n) is 6.61. The number of phenolic OH excluding ortho intramolecular Hbond substituents is 1. The molecule has 2 atom stereocenters. The maximum Gasteiger partial charge on any atom is 0.412 e. The van der Waals surface area contributed by atoms with Gasteiger partial charge >= 0.3 is 6.09 Å². The van der Waals surface area contributed by atoms with Crippen molar-refractivity contribution >= 4 is 66.7 Å². The molecule has 11 heteroatoms. The van der Waals surface area contributed by atoms with Gasteiger partial charge in [0.2, 0.25) is 5.91 Å². The van der Waals surface area contributed by atoms with Crippen LogP contribution in [0.3, 0.4) is 0 Å². The third kappa shape index (κ3) is 9.69. The summed E-state index contributed by atoms with van der Waals surface area (Å²) in [4.78, 5) is 37.4. The van der Waals surface area contributed by atoms with Crippen molar-refractivity contribution < 1.29 is 29.0 Å². The molecule has 0 radical (unpaired) electrons. The summed E-state index contributed by atoms with van der Waals surface area (Å²) in [6.07, 6.45) is 1.03. The Morgan fingerprint density at radius 2 is 1.62 bits per heavy atom. The van der Waals surface area contributed by atoms with Crippen molar-refractivity contribution in [2.75, 3.05) is 16.4 Å². The van der Waals surface area contributed by atoms with Gasteiger partial charge in [0.05, 0.1) is 15.8 Å². The van der Waals surface area contributed by atoms with Crippen LogP contribution in [-0.4, -0.2) is 29.0 Å². The van der Waals surface area contributed by atoms with Crippen molar-refractivity contribution in [2.45, 2.75) is 32.0 Å².